The van der Waals surface area contributed by atoms with Gasteiger partial charge in [-0.3, -0.25) is 9.69 Å². The Morgan fingerprint density at radius 2 is 1.58 bits per heavy atom. The van der Waals surface area contributed by atoms with Gasteiger partial charge in [-0.1, -0.05) is 12.8 Å². The smallest absolute Gasteiger partial charge is 0.182 e. The summed E-state index contributed by atoms with van der Waals surface area (Å²) in [5.74, 6) is -0.224. The molecule has 0 atom stereocenters. The van der Waals surface area contributed by atoms with E-state index in [9.17, 15) is 9.18 Å². The van der Waals surface area contributed by atoms with E-state index in [0.717, 1.165) is 25.9 Å². The van der Waals surface area contributed by atoms with Gasteiger partial charge in [0.15, 0.2) is 5.78 Å². The second kappa shape index (κ2) is 5.83. The summed E-state index contributed by atoms with van der Waals surface area (Å²) in [6.45, 7) is 5.90. The van der Waals surface area contributed by atoms with Crippen LogP contribution < -0.4 is 0 Å². The van der Waals surface area contributed by atoms with Gasteiger partial charge in [-0.2, -0.15) is 0 Å². The average Bonchev–Trinajstić information content (AvgIpc) is 2.68. The molecule has 2 nitrogen and oxygen atoms in total. The maximum absolute atomic E-state index is 12.9. The lowest BCUT2D eigenvalue weighted by atomic mass is 9.91. The third kappa shape index (κ3) is 3.21. The van der Waals surface area contributed by atoms with Gasteiger partial charge in [-0.05, 0) is 64.0 Å². The van der Waals surface area contributed by atoms with Gasteiger partial charge in [0.1, 0.15) is 5.82 Å². The number of nitrogens with zero attached hydrogens (tertiary/aromatic N) is 1. The number of ketones is 1. The monoisotopic (exact) mass is 263 g/mol. The van der Waals surface area contributed by atoms with E-state index in [1.165, 1.54) is 25.0 Å². The molecule has 1 aromatic rings. The summed E-state index contributed by atoms with van der Waals surface area (Å²) in [7, 11) is 0. The standard InChI is InChI=1S/C16H22FNO/c1-16(2,18-11-5-3-4-6-12-18)15(19)13-7-9-14(17)10-8-13/h7-10H,3-6,11-12H2,1-2H3. The van der Waals surface area contributed by atoms with E-state index in [1.54, 1.807) is 12.1 Å². The third-order valence-electron chi connectivity index (χ3n) is 4.06. The zero-order valence-corrected chi connectivity index (χ0v) is 11.8. The molecule has 1 aliphatic heterocycles. The minimum absolute atomic E-state index is 0.0781. The molecule has 104 valence electrons. The van der Waals surface area contributed by atoms with Crippen molar-refractivity contribution in [3.05, 3.63) is 35.6 Å². The lowest BCUT2D eigenvalue weighted by Crippen LogP contribution is -2.50. The number of hydrogen-bond donors (Lipinski definition) is 0. The first-order valence-electron chi connectivity index (χ1n) is 7.07. The molecule has 1 aromatic carbocycles. The lowest BCUT2D eigenvalue weighted by Gasteiger charge is -2.36. The Labute approximate surface area is 114 Å². The normalized spacial score (nSPS) is 18.1. The van der Waals surface area contributed by atoms with Crippen LogP contribution in [0.15, 0.2) is 24.3 Å². The highest BCUT2D eigenvalue weighted by Crippen LogP contribution is 2.24. The van der Waals surface area contributed by atoms with Crippen molar-refractivity contribution in [2.45, 2.75) is 45.1 Å². The van der Waals surface area contributed by atoms with Crippen molar-refractivity contribution < 1.29 is 9.18 Å². The number of halogens is 1. The van der Waals surface area contributed by atoms with Gasteiger partial charge >= 0.3 is 0 Å². The number of Topliss-reactive ketones (excluding diaryl/α,β-unsaturated/α-hetero) is 1. The molecule has 0 N–H and O–H groups in total. The van der Waals surface area contributed by atoms with Crippen LogP contribution in [0.5, 0.6) is 0 Å². The maximum atomic E-state index is 12.9. The molecule has 1 fully saturated rings. The Morgan fingerprint density at radius 3 is 2.11 bits per heavy atom. The second-order valence-corrected chi connectivity index (χ2v) is 5.80. The van der Waals surface area contributed by atoms with Gasteiger partial charge in [0, 0.05) is 5.56 Å². The Hall–Kier alpha value is -1.22. The lowest BCUT2D eigenvalue weighted by molar-refractivity contribution is 0.0649. The summed E-state index contributed by atoms with van der Waals surface area (Å²) in [6, 6.07) is 5.87. The minimum Gasteiger partial charge on any atom is -0.292 e. The van der Waals surface area contributed by atoms with Crippen molar-refractivity contribution in [2.75, 3.05) is 13.1 Å². The molecule has 1 heterocycles. The van der Waals surface area contributed by atoms with E-state index < -0.39 is 5.54 Å². The molecule has 0 saturated carbocycles. The fourth-order valence-corrected chi connectivity index (χ4v) is 2.73. The number of rotatable bonds is 3. The summed E-state index contributed by atoms with van der Waals surface area (Å²) in [4.78, 5) is 14.9. The first-order chi connectivity index (χ1) is 9.01. The predicted octanol–water partition coefficient (Wildman–Crippen LogP) is 3.66. The fourth-order valence-electron chi connectivity index (χ4n) is 2.73. The van der Waals surface area contributed by atoms with E-state index in [2.05, 4.69) is 4.90 Å². The minimum atomic E-state index is -0.512. The first kappa shape index (κ1) is 14.2. The molecule has 0 aromatic heterocycles. The van der Waals surface area contributed by atoms with Crippen LogP contribution in [0.25, 0.3) is 0 Å². The Kier molecular flexibility index (Phi) is 4.35. The maximum Gasteiger partial charge on any atom is 0.182 e. The number of likely N-dealkylation sites (tertiary alicyclic amines) is 1. The number of carbonyl (C=O) groups is 1. The highest BCUT2D eigenvalue weighted by molar-refractivity contribution is 6.02. The zero-order valence-electron chi connectivity index (χ0n) is 11.8. The van der Waals surface area contributed by atoms with Gasteiger partial charge in [-0.25, -0.2) is 4.39 Å². The largest absolute Gasteiger partial charge is 0.292 e. The van der Waals surface area contributed by atoms with E-state index in [-0.39, 0.29) is 11.6 Å². The van der Waals surface area contributed by atoms with Crippen LogP contribution in [-0.4, -0.2) is 29.3 Å². The molecule has 3 heteroatoms. The highest BCUT2D eigenvalue weighted by Gasteiger charge is 2.35. The van der Waals surface area contributed by atoms with Gasteiger partial charge in [0.25, 0.3) is 0 Å². The van der Waals surface area contributed by atoms with Crippen LogP contribution in [0.4, 0.5) is 4.39 Å². The molecule has 0 unspecified atom stereocenters. The van der Waals surface area contributed by atoms with Crippen molar-refractivity contribution in [3.63, 3.8) is 0 Å². The molecular weight excluding hydrogens is 241 g/mol. The molecule has 2 rings (SSSR count). The predicted molar refractivity (Wildman–Crippen MR) is 74.9 cm³/mol. The first-order valence-corrected chi connectivity index (χ1v) is 7.07. The van der Waals surface area contributed by atoms with Crippen LogP contribution in [-0.2, 0) is 0 Å². The van der Waals surface area contributed by atoms with Crippen molar-refractivity contribution >= 4 is 5.78 Å². The van der Waals surface area contributed by atoms with Crippen LogP contribution >= 0.6 is 0 Å². The van der Waals surface area contributed by atoms with Gasteiger partial charge < -0.3 is 0 Å². The quantitative estimate of drug-likeness (QED) is 0.776. The SMILES string of the molecule is CC(C)(C(=O)c1ccc(F)cc1)N1CCCCCC1. The summed E-state index contributed by atoms with van der Waals surface area (Å²) < 4.78 is 12.9. The topological polar surface area (TPSA) is 20.3 Å². The molecule has 0 bridgehead atoms. The van der Waals surface area contributed by atoms with Gasteiger partial charge in [-0.15, -0.1) is 0 Å². The summed E-state index contributed by atoms with van der Waals surface area (Å²) in [6.07, 6.45) is 4.80. The van der Waals surface area contributed by atoms with Crippen LogP contribution in [0.2, 0.25) is 0 Å². The highest BCUT2D eigenvalue weighted by atomic mass is 19.1. The van der Waals surface area contributed by atoms with Crippen LogP contribution in [0, 0.1) is 5.82 Å². The molecule has 1 aliphatic rings. The molecule has 0 spiro atoms. The van der Waals surface area contributed by atoms with Crippen molar-refractivity contribution in [3.8, 4) is 0 Å². The molecule has 19 heavy (non-hydrogen) atoms. The van der Waals surface area contributed by atoms with Crippen molar-refractivity contribution in [1.29, 1.82) is 0 Å². The molecule has 0 amide bonds. The van der Waals surface area contributed by atoms with E-state index in [1.807, 2.05) is 13.8 Å². The number of carbonyl (C=O) groups excluding carboxylic acids is 1. The number of benzene rings is 1. The van der Waals surface area contributed by atoms with Crippen LogP contribution in [0.1, 0.15) is 49.9 Å². The second-order valence-electron chi connectivity index (χ2n) is 5.80. The zero-order chi connectivity index (χ0) is 13.9. The van der Waals surface area contributed by atoms with Crippen molar-refractivity contribution in [1.82, 2.24) is 4.90 Å². The fraction of sp³-hybridized carbons (Fsp3) is 0.562. The van der Waals surface area contributed by atoms with E-state index in [4.69, 9.17) is 0 Å². The Bertz CT molecular complexity index is 431. The third-order valence-corrected chi connectivity index (χ3v) is 4.06. The summed E-state index contributed by atoms with van der Waals surface area (Å²) >= 11 is 0. The average molecular weight is 263 g/mol. The molecular formula is C16H22FNO. The van der Waals surface area contributed by atoms with Crippen LogP contribution in [0.3, 0.4) is 0 Å². The molecule has 1 saturated heterocycles. The van der Waals surface area contributed by atoms with Gasteiger partial charge in [0.05, 0.1) is 5.54 Å². The Morgan fingerprint density at radius 1 is 1.05 bits per heavy atom. The van der Waals surface area contributed by atoms with E-state index in [0.29, 0.717) is 5.56 Å². The summed E-state index contributed by atoms with van der Waals surface area (Å²) in [5.41, 5.74) is 0.0815. The Balaban J connectivity index is 2.17. The van der Waals surface area contributed by atoms with Crippen molar-refractivity contribution in [2.24, 2.45) is 0 Å². The van der Waals surface area contributed by atoms with Gasteiger partial charge in [0.2, 0.25) is 0 Å². The molecule has 0 radical (unpaired) electrons. The molecule has 0 aliphatic carbocycles. The summed E-state index contributed by atoms with van der Waals surface area (Å²) in [5, 5.41) is 0. The van der Waals surface area contributed by atoms with E-state index >= 15 is 0 Å². The number of hydrogen-bond acceptors (Lipinski definition) is 2.